The van der Waals surface area contributed by atoms with E-state index in [9.17, 15) is 22.8 Å². The molecule has 0 aliphatic carbocycles. The van der Waals surface area contributed by atoms with Crippen LogP contribution in [-0.2, 0) is 15.7 Å². The molecule has 0 saturated carbocycles. The van der Waals surface area contributed by atoms with Gasteiger partial charge in [0.05, 0.1) is 10.6 Å². The highest BCUT2D eigenvalue weighted by atomic mass is 35.5. The van der Waals surface area contributed by atoms with Crippen LogP contribution in [-0.4, -0.2) is 31.6 Å². The molecule has 0 fully saturated rings. The highest BCUT2D eigenvalue weighted by Crippen LogP contribution is 2.29. The topological polar surface area (TPSA) is 64.6 Å². The number of hydrogen-bond donors (Lipinski definition) is 1. The van der Waals surface area contributed by atoms with Gasteiger partial charge in [0.15, 0.2) is 0 Å². The Hall–Kier alpha value is -2.74. The zero-order chi connectivity index (χ0) is 19.9. The van der Waals surface area contributed by atoms with E-state index in [1.807, 2.05) is 0 Å². The van der Waals surface area contributed by atoms with E-state index in [1.165, 1.54) is 0 Å². The van der Waals surface area contributed by atoms with Gasteiger partial charge in [0, 0.05) is 5.56 Å². The quantitative estimate of drug-likeness (QED) is 0.567. The summed E-state index contributed by atoms with van der Waals surface area (Å²) in [5.41, 5.74) is -0.866. The van der Waals surface area contributed by atoms with Gasteiger partial charge in [-0.05, 0) is 36.4 Å². The van der Waals surface area contributed by atoms with Crippen molar-refractivity contribution in [2.75, 3.05) is 19.8 Å². The number of nitrogens with one attached hydrogen (secondary N) is 1. The second-order valence-electron chi connectivity index (χ2n) is 5.26. The number of amides is 1. The molecule has 2 aromatic rings. The molecule has 1 N–H and O–H groups in total. The van der Waals surface area contributed by atoms with Crippen LogP contribution < -0.4 is 10.1 Å². The summed E-state index contributed by atoms with van der Waals surface area (Å²) in [6, 6.07) is 10.4. The maximum atomic E-state index is 12.5. The smallest absolute Gasteiger partial charge is 0.416 e. The Morgan fingerprint density at radius 1 is 1.00 bits per heavy atom. The summed E-state index contributed by atoms with van der Waals surface area (Å²) in [5, 5.41) is 2.69. The van der Waals surface area contributed by atoms with Crippen LogP contribution in [0.2, 0.25) is 5.02 Å². The molecule has 2 rings (SSSR count). The van der Waals surface area contributed by atoms with Gasteiger partial charge in [-0.25, -0.2) is 0 Å². The van der Waals surface area contributed by atoms with Crippen molar-refractivity contribution in [2.45, 2.75) is 6.18 Å². The molecule has 0 aliphatic heterocycles. The first-order valence-corrected chi connectivity index (χ1v) is 8.13. The number of halogens is 4. The largest absolute Gasteiger partial charge is 0.488 e. The number of hydrogen-bond acceptors (Lipinski definition) is 4. The van der Waals surface area contributed by atoms with Crippen LogP contribution in [0.25, 0.3) is 0 Å². The fourth-order valence-electron chi connectivity index (χ4n) is 1.99. The lowest BCUT2D eigenvalue weighted by atomic mass is 10.1. The number of esters is 1. The molecule has 9 heteroatoms. The van der Waals surface area contributed by atoms with Gasteiger partial charge in [0.2, 0.25) is 0 Å². The van der Waals surface area contributed by atoms with Crippen molar-refractivity contribution >= 4 is 23.5 Å². The Bertz CT molecular complexity index is 794. The summed E-state index contributed by atoms with van der Waals surface area (Å²) in [6.07, 6.45) is -4.48. The van der Waals surface area contributed by atoms with Gasteiger partial charge in [-0.3, -0.25) is 9.59 Å². The van der Waals surface area contributed by atoms with E-state index in [1.54, 1.807) is 24.3 Å². The Morgan fingerprint density at radius 2 is 1.67 bits per heavy atom. The number of alkyl halides is 3. The van der Waals surface area contributed by atoms with E-state index >= 15 is 0 Å². The standard InChI is InChI=1S/C18H15ClF3NO4/c19-14-3-1-2-4-15(14)26-9-10-27-16(24)11-23-17(25)12-5-7-13(8-6-12)18(20,21)22/h1-8H,9-11H2,(H,23,25). The van der Waals surface area contributed by atoms with Gasteiger partial charge in [-0.15, -0.1) is 0 Å². The minimum absolute atomic E-state index is 0.00199. The van der Waals surface area contributed by atoms with Crippen molar-refractivity contribution in [2.24, 2.45) is 0 Å². The molecule has 144 valence electrons. The predicted octanol–water partition coefficient (Wildman–Crippen LogP) is 3.71. The first-order valence-electron chi connectivity index (χ1n) is 7.76. The van der Waals surface area contributed by atoms with Crippen LogP contribution in [0.15, 0.2) is 48.5 Å². The number of para-hydroxylation sites is 1. The number of carbonyl (C=O) groups is 2. The molecule has 0 aliphatic rings. The summed E-state index contributed by atoms with van der Waals surface area (Å²) < 4.78 is 47.6. The molecule has 5 nitrogen and oxygen atoms in total. The Labute approximate surface area is 158 Å². The van der Waals surface area contributed by atoms with E-state index in [-0.39, 0.29) is 18.8 Å². The molecule has 0 heterocycles. The third kappa shape index (κ3) is 6.49. The van der Waals surface area contributed by atoms with Gasteiger partial charge < -0.3 is 14.8 Å². The molecule has 2 aromatic carbocycles. The minimum atomic E-state index is -4.48. The number of rotatable bonds is 7. The molecule has 27 heavy (non-hydrogen) atoms. The van der Waals surface area contributed by atoms with Crippen LogP contribution in [0.5, 0.6) is 5.75 Å². The lowest BCUT2D eigenvalue weighted by Crippen LogP contribution is -2.31. The second-order valence-corrected chi connectivity index (χ2v) is 5.66. The molecule has 0 radical (unpaired) electrons. The van der Waals surface area contributed by atoms with Crippen LogP contribution in [0.4, 0.5) is 13.2 Å². The monoisotopic (exact) mass is 401 g/mol. The van der Waals surface area contributed by atoms with E-state index < -0.39 is 30.2 Å². The van der Waals surface area contributed by atoms with Crippen LogP contribution in [0.3, 0.4) is 0 Å². The minimum Gasteiger partial charge on any atom is -0.488 e. The van der Waals surface area contributed by atoms with Gasteiger partial charge in [-0.1, -0.05) is 23.7 Å². The molecule has 0 unspecified atom stereocenters. The lowest BCUT2D eigenvalue weighted by molar-refractivity contribution is -0.143. The molecule has 0 atom stereocenters. The number of carbonyl (C=O) groups excluding carboxylic acids is 2. The van der Waals surface area contributed by atoms with Crippen molar-refractivity contribution < 1.29 is 32.2 Å². The first kappa shape index (κ1) is 20.6. The highest BCUT2D eigenvalue weighted by Gasteiger charge is 2.30. The highest BCUT2D eigenvalue weighted by molar-refractivity contribution is 6.32. The normalized spacial score (nSPS) is 11.0. The van der Waals surface area contributed by atoms with Crippen molar-refractivity contribution in [3.63, 3.8) is 0 Å². The third-order valence-corrected chi connectivity index (χ3v) is 3.62. The maximum absolute atomic E-state index is 12.5. The Kier molecular flexibility index (Phi) is 7.06. The van der Waals surface area contributed by atoms with Gasteiger partial charge in [0.25, 0.3) is 5.91 Å². The maximum Gasteiger partial charge on any atom is 0.416 e. The summed E-state index contributed by atoms with van der Waals surface area (Å²) in [5.74, 6) is -0.947. The summed E-state index contributed by atoms with van der Waals surface area (Å²) >= 11 is 5.90. The average molecular weight is 402 g/mol. The Morgan fingerprint density at radius 3 is 2.30 bits per heavy atom. The molecular weight excluding hydrogens is 387 g/mol. The van der Waals surface area contributed by atoms with Crippen LogP contribution >= 0.6 is 11.6 Å². The zero-order valence-corrected chi connectivity index (χ0v) is 14.6. The van der Waals surface area contributed by atoms with Gasteiger partial charge in [-0.2, -0.15) is 13.2 Å². The summed E-state index contributed by atoms with van der Waals surface area (Å²) in [7, 11) is 0. The van der Waals surface area contributed by atoms with Crippen LogP contribution in [0.1, 0.15) is 15.9 Å². The molecule has 0 spiro atoms. The lowest BCUT2D eigenvalue weighted by Gasteiger charge is -2.10. The van der Waals surface area contributed by atoms with Crippen LogP contribution in [0, 0.1) is 0 Å². The average Bonchev–Trinajstić information content (AvgIpc) is 2.64. The zero-order valence-electron chi connectivity index (χ0n) is 13.9. The summed E-state index contributed by atoms with van der Waals surface area (Å²) in [6.45, 7) is -0.408. The number of ether oxygens (including phenoxy) is 2. The van der Waals surface area contributed by atoms with E-state index in [4.69, 9.17) is 21.1 Å². The van der Waals surface area contributed by atoms with Crippen molar-refractivity contribution in [1.82, 2.24) is 5.32 Å². The van der Waals surface area contributed by atoms with Crippen molar-refractivity contribution in [1.29, 1.82) is 0 Å². The Balaban J connectivity index is 1.70. The van der Waals surface area contributed by atoms with E-state index in [0.717, 1.165) is 24.3 Å². The fourth-order valence-corrected chi connectivity index (χ4v) is 2.18. The van der Waals surface area contributed by atoms with Gasteiger partial charge >= 0.3 is 12.1 Å². The van der Waals surface area contributed by atoms with E-state index in [2.05, 4.69) is 5.32 Å². The second kappa shape index (κ2) is 9.27. The third-order valence-electron chi connectivity index (χ3n) is 3.31. The molecule has 0 bridgehead atoms. The SMILES string of the molecule is O=C(CNC(=O)c1ccc(C(F)(F)F)cc1)OCCOc1ccccc1Cl. The van der Waals surface area contributed by atoms with Gasteiger partial charge in [0.1, 0.15) is 25.5 Å². The van der Waals surface area contributed by atoms with Crippen molar-refractivity contribution in [3.05, 3.63) is 64.7 Å². The predicted molar refractivity (Wildman–Crippen MR) is 91.7 cm³/mol. The van der Waals surface area contributed by atoms with E-state index in [0.29, 0.717) is 10.8 Å². The number of benzene rings is 2. The molecule has 0 saturated heterocycles. The molecular formula is C18H15ClF3NO4. The summed E-state index contributed by atoms with van der Waals surface area (Å²) in [4.78, 5) is 23.4. The molecule has 0 aromatic heterocycles. The fraction of sp³-hybridized carbons (Fsp3) is 0.222. The first-order chi connectivity index (χ1) is 12.8. The molecule has 1 amide bonds. The van der Waals surface area contributed by atoms with Crippen molar-refractivity contribution in [3.8, 4) is 5.75 Å².